The number of hydrogen-bond donors (Lipinski definition) is 3. The standard InChI is InChI=1S/C20H19N3O5/c1-12-4-3-5-14(8-12)21-18(25)11-23-19(26)15(22-20(23)27)9-13-6-7-16(24)17(10-13)28-2/h3-10,24H,11H2,1-2H3,(H,21,25)(H,22,27)/b15-9-. The molecule has 3 N–H and O–H groups in total. The number of carbonyl (C=O) groups is 3. The Bertz CT molecular complexity index is 984. The molecule has 1 saturated heterocycles. The van der Waals surface area contributed by atoms with Gasteiger partial charge in [-0.3, -0.25) is 9.59 Å². The molecule has 8 heteroatoms. The number of anilines is 1. The molecule has 1 aliphatic rings. The molecule has 144 valence electrons. The first kappa shape index (κ1) is 19.0. The molecule has 0 saturated carbocycles. The van der Waals surface area contributed by atoms with Crippen LogP contribution in [0.4, 0.5) is 10.5 Å². The van der Waals surface area contributed by atoms with Crippen LogP contribution in [0.25, 0.3) is 6.08 Å². The summed E-state index contributed by atoms with van der Waals surface area (Å²) in [5.74, 6) is -0.903. The zero-order valence-electron chi connectivity index (χ0n) is 15.4. The molecule has 2 aromatic carbocycles. The van der Waals surface area contributed by atoms with Crippen molar-refractivity contribution in [2.75, 3.05) is 19.0 Å². The molecule has 28 heavy (non-hydrogen) atoms. The smallest absolute Gasteiger partial charge is 0.329 e. The summed E-state index contributed by atoms with van der Waals surface area (Å²) in [6.45, 7) is 1.48. The van der Waals surface area contributed by atoms with Crippen LogP contribution in [0, 0.1) is 6.92 Å². The van der Waals surface area contributed by atoms with Crippen LogP contribution in [0.5, 0.6) is 11.5 Å². The van der Waals surface area contributed by atoms with E-state index in [1.54, 1.807) is 24.3 Å². The van der Waals surface area contributed by atoms with Crippen molar-refractivity contribution in [2.45, 2.75) is 6.92 Å². The van der Waals surface area contributed by atoms with E-state index in [4.69, 9.17) is 4.74 Å². The molecule has 0 spiro atoms. The first-order chi connectivity index (χ1) is 13.4. The fraction of sp³-hybridized carbons (Fsp3) is 0.150. The molecule has 0 bridgehead atoms. The van der Waals surface area contributed by atoms with Crippen LogP contribution in [-0.4, -0.2) is 41.5 Å². The monoisotopic (exact) mass is 381 g/mol. The van der Waals surface area contributed by atoms with Crippen LogP contribution < -0.4 is 15.4 Å². The topological polar surface area (TPSA) is 108 Å². The van der Waals surface area contributed by atoms with E-state index in [1.165, 1.54) is 25.3 Å². The number of aryl methyl sites for hydroxylation is 1. The van der Waals surface area contributed by atoms with Crippen molar-refractivity contribution in [2.24, 2.45) is 0 Å². The van der Waals surface area contributed by atoms with Gasteiger partial charge in [-0.05, 0) is 48.4 Å². The van der Waals surface area contributed by atoms with Gasteiger partial charge in [0.15, 0.2) is 11.5 Å². The maximum Gasteiger partial charge on any atom is 0.329 e. The van der Waals surface area contributed by atoms with E-state index in [2.05, 4.69) is 10.6 Å². The molecule has 3 rings (SSSR count). The van der Waals surface area contributed by atoms with E-state index >= 15 is 0 Å². The quantitative estimate of drug-likeness (QED) is 0.544. The number of methoxy groups -OCH3 is 1. The first-order valence-electron chi connectivity index (χ1n) is 8.45. The van der Waals surface area contributed by atoms with Gasteiger partial charge in [0.1, 0.15) is 12.2 Å². The van der Waals surface area contributed by atoms with Crippen LogP contribution in [0.2, 0.25) is 0 Å². The Morgan fingerprint density at radius 1 is 1.25 bits per heavy atom. The molecule has 4 amide bonds. The fourth-order valence-corrected chi connectivity index (χ4v) is 2.73. The molecule has 0 aliphatic carbocycles. The van der Waals surface area contributed by atoms with Gasteiger partial charge in [0.25, 0.3) is 5.91 Å². The van der Waals surface area contributed by atoms with E-state index < -0.39 is 24.4 Å². The number of nitrogens with one attached hydrogen (secondary N) is 2. The predicted octanol–water partition coefficient (Wildman–Crippen LogP) is 2.24. The molecule has 1 heterocycles. The van der Waals surface area contributed by atoms with Crippen molar-refractivity contribution in [3.05, 3.63) is 59.3 Å². The zero-order valence-corrected chi connectivity index (χ0v) is 15.4. The van der Waals surface area contributed by atoms with Crippen molar-refractivity contribution in [1.29, 1.82) is 0 Å². The Balaban J connectivity index is 1.72. The van der Waals surface area contributed by atoms with Crippen molar-refractivity contribution >= 4 is 29.6 Å². The number of aromatic hydroxyl groups is 1. The molecular formula is C20H19N3O5. The van der Waals surface area contributed by atoms with Crippen LogP contribution >= 0.6 is 0 Å². The minimum Gasteiger partial charge on any atom is -0.504 e. The summed E-state index contributed by atoms with van der Waals surface area (Å²) in [5.41, 5.74) is 2.14. The fourth-order valence-electron chi connectivity index (χ4n) is 2.73. The van der Waals surface area contributed by atoms with Crippen molar-refractivity contribution in [3.8, 4) is 11.5 Å². The van der Waals surface area contributed by atoms with Gasteiger partial charge in [0.05, 0.1) is 7.11 Å². The largest absolute Gasteiger partial charge is 0.504 e. The Morgan fingerprint density at radius 3 is 2.75 bits per heavy atom. The second-order valence-electron chi connectivity index (χ2n) is 6.23. The number of nitrogens with zero attached hydrogens (tertiary/aromatic N) is 1. The van der Waals surface area contributed by atoms with Crippen LogP contribution in [0.1, 0.15) is 11.1 Å². The number of phenols is 1. The van der Waals surface area contributed by atoms with E-state index in [9.17, 15) is 19.5 Å². The number of ether oxygens (including phenoxy) is 1. The average Bonchev–Trinajstić information content (AvgIpc) is 2.90. The van der Waals surface area contributed by atoms with Crippen LogP contribution in [0.15, 0.2) is 48.2 Å². The number of carbonyl (C=O) groups excluding carboxylic acids is 3. The third-order valence-corrected chi connectivity index (χ3v) is 4.08. The summed E-state index contributed by atoms with van der Waals surface area (Å²) in [6, 6.07) is 11.0. The maximum absolute atomic E-state index is 12.5. The lowest BCUT2D eigenvalue weighted by atomic mass is 10.1. The highest BCUT2D eigenvalue weighted by molar-refractivity contribution is 6.15. The Kier molecular flexibility index (Phi) is 5.30. The third-order valence-electron chi connectivity index (χ3n) is 4.08. The number of phenolic OH excluding ortho intramolecular Hbond substituents is 1. The van der Waals surface area contributed by atoms with Gasteiger partial charge in [-0.15, -0.1) is 0 Å². The van der Waals surface area contributed by atoms with Crippen molar-refractivity contribution in [1.82, 2.24) is 10.2 Å². The van der Waals surface area contributed by atoms with E-state index in [-0.39, 0.29) is 17.2 Å². The lowest BCUT2D eigenvalue weighted by Gasteiger charge is -2.12. The first-order valence-corrected chi connectivity index (χ1v) is 8.45. The Morgan fingerprint density at radius 2 is 2.04 bits per heavy atom. The van der Waals surface area contributed by atoms with E-state index in [0.29, 0.717) is 11.3 Å². The molecule has 2 aromatic rings. The molecule has 1 fully saturated rings. The Hall–Kier alpha value is -3.81. The molecule has 0 atom stereocenters. The van der Waals surface area contributed by atoms with Gasteiger partial charge in [0, 0.05) is 5.69 Å². The second-order valence-corrected chi connectivity index (χ2v) is 6.23. The predicted molar refractivity (Wildman–Crippen MR) is 103 cm³/mol. The molecule has 0 aromatic heterocycles. The summed E-state index contributed by atoms with van der Waals surface area (Å²) in [6.07, 6.45) is 1.45. The molecule has 8 nitrogen and oxygen atoms in total. The van der Waals surface area contributed by atoms with Crippen LogP contribution in [0.3, 0.4) is 0 Å². The maximum atomic E-state index is 12.5. The van der Waals surface area contributed by atoms with Gasteiger partial charge in [-0.2, -0.15) is 0 Å². The van der Waals surface area contributed by atoms with Crippen molar-refractivity contribution in [3.63, 3.8) is 0 Å². The van der Waals surface area contributed by atoms with E-state index in [0.717, 1.165) is 10.5 Å². The minimum absolute atomic E-state index is 0.0288. The lowest BCUT2D eigenvalue weighted by Crippen LogP contribution is -2.38. The summed E-state index contributed by atoms with van der Waals surface area (Å²) in [7, 11) is 1.41. The van der Waals surface area contributed by atoms with Gasteiger partial charge in [-0.25, -0.2) is 9.69 Å². The highest BCUT2D eigenvalue weighted by Gasteiger charge is 2.34. The zero-order chi connectivity index (χ0) is 20.3. The van der Waals surface area contributed by atoms with Gasteiger partial charge < -0.3 is 20.5 Å². The normalized spacial score (nSPS) is 14.9. The number of hydrogen-bond acceptors (Lipinski definition) is 5. The number of benzene rings is 2. The summed E-state index contributed by atoms with van der Waals surface area (Å²) in [4.78, 5) is 37.6. The number of rotatable bonds is 5. The summed E-state index contributed by atoms with van der Waals surface area (Å²) in [5, 5.41) is 14.7. The van der Waals surface area contributed by atoms with Gasteiger partial charge >= 0.3 is 6.03 Å². The number of imide groups is 1. The minimum atomic E-state index is -0.679. The Labute approximate surface area is 161 Å². The van der Waals surface area contributed by atoms with Crippen LogP contribution in [-0.2, 0) is 9.59 Å². The summed E-state index contributed by atoms with van der Waals surface area (Å²) < 4.78 is 5.02. The van der Waals surface area contributed by atoms with Gasteiger partial charge in [-0.1, -0.05) is 18.2 Å². The number of urea groups is 1. The molecule has 1 aliphatic heterocycles. The molecule has 0 radical (unpaired) electrons. The third kappa shape index (κ3) is 4.12. The highest BCUT2D eigenvalue weighted by Crippen LogP contribution is 2.27. The molecular weight excluding hydrogens is 362 g/mol. The van der Waals surface area contributed by atoms with Crippen molar-refractivity contribution < 1.29 is 24.2 Å². The highest BCUT2D eigenvalue weighted by atomic mass is 16.5. The summed E-state index contributed by atoms with van der Waals surface area (Å²) >= 11 is 0. The van der Waals surface area contributed by atoms with E-state index in [1.807, 2.05) is 13.0 Å². The number of amides is 4. The lowest BCUT2D eigenvalue weighted by molar-refractivity contribution is -0.127. The SMILES string of the molecule is COc1cc(/C=C2\NC(=O)N(CC(=O)Nc3cccc(C)c3)C2=O)ccc1O. The second kappa shape index (κ2) is 7.83. The van der Waals surface area contributed by atoms with Gasteiger partial charge in [0.2, 0.25) is 5.91 Å². The molecule has 0 unspecified atom stereocenters. The average molecular weight is 381 g/mol.